The fraction of sp³-hybridized carbons (Fsp3) is 0.818. The number of esters is 1. The standard InChI is InChI=1S/C11H12O5/c12-6-3-8-11-5-15-9(13)10(11,1-2-14-8)4-7(6)16-11/h7-8H,1-5H2/t7?,8-,10+,11?/m0/s1. The smallest absolute Gasteiger partial charge is 0.315 e. The number of cyclic esters (lactones) is 1. The number of carbonyl (C=O) groups is 2. The van der Waals surface area contributed by atoms with E-state index in [1.165, 1.54) is 0 Å². The molecule has 5 nitrogen and oxygen atoms in total. The molecule has 16 heavy (non-hydrogen) atoms. The lowest BCUT2D eigenvalue weighted by Crippen LogP contribution is -2.61. The maximum Gasteiger partial charge on any atom is 0.315 e. The number of carbonyl (C=O) groups excluding carboxylic acids is 2. The minimum atomic E-state index is -0.666. The highest BCUT2D eigenvalue weighted by molar-refractivity contribution is 5.91. The summed E-state index contributed by atoms with van der Waals surface area (Å²) in [6, 6.07) is 0. The van der Waals surface area contributed by atoms with Crippen molar-refractivity contribution in [2.75, 3.05) is 13.2 Å². The van der Waals surface area contributed by atoms with E-state index in [2.05, 4.69) is 0 Å². The average molecular weight is 224 g/mol. The molecule has 2 unspecified atom stereocenters. The van der Waals surface area contributed by atoms with E-state index < -0.39 is 17.1 Å². The summed E-state index contributed by atoms with van der Waals surface area (Å²) in [6.07, 6.45) is 0.768. The molecule has 4 atom stereocenters. The van der Waals surface area contributed by atoms with Crippen molar-refractivity contribution in [3.05, 3.63) is 0 Å². The molecule has 0 saturated carbocycles. The van der Waals surface area contributed by atoms with Crippen LogP contribution >= 0.6 is 0 Å². The van der Waals surface area contributed by atoms with Gasteiger partial charge in [-0.3, -0.25) is 9.59 Å². The van der Waals surface area contributed by atoms with Crippen molar-refractivity contribution >= 4 is 11.8 Å². The maximum atomic E-state index is 12.0. The molecule has 2 bridgehead atoms. The summed E-state index contributed by atoms with van der Waals surface area (Å²) >= 11 is 0. The number of hydrogen-bond donors (Lipinski definition) is 0. The molecule has 4 aliphatic rings. The van der Waals surface area contributed by atoms with E-state index >= 15 is 0 Å². The van der Waals surface area contributed by atoms with Crippen LogP contribution in [0.4, 0.5) is 0 Å². The molecule has 0 aromatic carbocycles. The van der Waals surface area contributed by atoms with E-state index in [1.807, 2.05) is 0 Å². The van der Waals surface area contributed by atoms with Gasteiger partial charge >= 0.3 is 5.97 Å². The fourth-order valence-electron chi connectivity index (χ4n) is 3.76. The predicted octanol–water partition coefficient (Wildman–Crippen LogP) is -0.181. The largest absolute Gasteiger partial charge is 0.462 e. The van der Waals surface area contributed by atoms with Crippen LogP contribution in [0.3, 0.4) is 0 Å². The molecule has 0 amide bonds. The van der Waals surface area contributed by atoms with Crippen LogP contribution < -0.4 is 0 Å². The van der Waals surface area contributed by atoms with E-state index in [0.717, 1.165) is 0 Å². The summed E-state index contributed by atoms with van der Waals surface area (Å²) in [7, 11) is 0. The first-order valence-electron chi connectivity index (χ1n) is 5.67. The van der Waals surface area contributed by atoms with Gasteiger partial charge < -0.3 is 14.2 Å². The monoisotopic (exact) mass is 224 g/mol. The van der Waals surface area contributed by atoms with Crippen LogP contribution in [-0.2, 0) is 23.8 Å². The van der Waals surface area contributed by atoms with Gasteiger partial charge in [-0.15, -0.1) is 0 Å². The first-order valence-corrected chi connectivity index (χ1v) is 5.67. The van der Waals surface area contributed by atoms with Gasteiger partial charge in [0.25, 0.3) is 0 Å². The maximum absolute atomic E-state index is 12.0. The molecular formula is C11H12O5. The Labute approximate surface area is 92.0 Å². The molecule has 4 saturated heterocycles. The average Bonchev–Trinajstić information content (AvgIpc) is 2.74. The molecule has 86 valence electrons. The number of hydrogen-bond acceptors (Lipinski definition) is 5. The van der Waals surface area contributed by atoms with Crippen LogP contribution in [0.15, 0.2) is 0 Å². The molecule has 5 heteroatoms. The lowest BCUT2D eigenvalue weighted by Gasteiger charge is -2.45. The van der Waals surface area contributed by atoms with Gasteiger partial charge in [0, 0.05) is 13.0 Å². The number of Topliss-reactive ketones (excluding diaryl/α,β-unsaturated/α-hetero) is 1. The van der Waals surface area contributed by atoms with Gasteiger partial charge in [-0.05, 0) is 12.8 Å². The molecule has 0 aliphatic carbocycles. The van der Waals surface area contributed by atoms with Gasteiger partial charge in [0.2, 0.25) is 0 Å². The first kappa shape index (κ1) is 9.13. The quantitative estimate of drug-likeness (QED) is 0.534. The number of ether oxygens (including phenoxy) is 3. The van der Waals surface area contributed by atoms with Gasteiger partial charge in [0.05, 0.1) is 6.10 Å². The molecule has 4 rings (SSSR count). The van der Waals surface area contributed by atoms with Crippen LogP contribution in [0, 0.1) is 5.41 Å². The van der Waals surface area contributed by atoms with Gasteiger partial charge in [0.15, 0.2) is 5.78 Å². The van der Waals surface area contributed by atoms with Crippen molar-refractivity contribution in [3.63, 3.8) is 0 Å². The zero-order chi connectivity index (χ0) is 11.0. The summed E-state index contributed by atoms with van der Waals surface area (Å²) < 4.78 is 16.6. The fourth-order valence-corrected chi connectivity index (χ4v) is 3.76. The van der Waals surface area contributed by atoms with Crippen LogP contribution in [-0.4, -0.2) is 42.8 Å². The van der Waals surface area contributed by atoms with Crippen LogP contribution in [0.5, 0.6) is 0 Å². The highest BCUT2D eigenvalue weighted by atomic mass is 16.6. The van der Waals surface area contributed by atoms with Crippen LogP contribution in [0.1, 0.15) is 19.3 Å². The molecule has 0 radical (unpaired) electrons. The zero-order valence-corrected chi connectivity index (χ0v) is 8.73. The lowest BCUT2D eigenvalue weighted by molar-refractivity contribution is -0.213. The van der Waals surface area contributed by atoms with E-state index in [1.54, 1.807) is 0 Å². The number of rotatable bonds is 0. The lowest BCUT2D eigenvalue weighted by atomic mass is 9.67. The van der Waals surface area contributed by atoms with E-state index in [9.17, 15) is 9.59 Å². The number of fused-ring (bicyclic) bond motifs is 1. The zero-order valence-electron chi connectivity index (χ0n) is 8.73. The second-order valence-electron chi connectivity index (χ2n) is 5.14. The molecular weight excluding hydrogens is 212 g/mol. The Morgan fingerprint density at radius 2 is 2.19 bits per heavy atom. The Morgan fingerprint density at radius 3 is 3.06 bits per heavy atom. The highest BCUT2D eigenvalue weighted by Gasteiger charge is 2.76. The van der Waals surface area contributed by atoms with Crippen molar-refractivity contribution < 1.29 is 23.8 Å². The summed E-state index contributed by atoms with van der Waals surface area (Å²) in [5.41, 5.74) is -1.27. The summed E-state index contributed by atoms with van der Waals surface area (Å²) in [5.74, 6) is -0.128. The summed E-state index contributed by atoms with van der Waals surface area (Å²) in [6.45, 7) is 0.769. The van der Waals surface area contributed by atoms with E-state index in [0.29, 0.717) is 25.9 Å². The van der Waals surface area contributed by atoms with Crippen LogP contribution in [0.2, 0.25) is 0 Å². The molecule has 4 aliphatic heterocycles. The van der Waals surface area contributed by atoms with Crippen molar-refractivity contribution in [2.24, 2.45) is 5.41 Å². The van der Waals surface area contributed by atoms with Crippen molar-refractivity contribution in [2.45, 2.75) is 37.1 Å². The minimum absolute atomic E-state index is 0.0686. The second kappa shape index (κ2) is 2.49. The minimum Gasteiger partial charge on any atom is -0.462 e. The Morgan fingerprint density at radius 1 is 1.31 bits per heavy atom. The Kier molecular flexibility index (Phi) is 1.42. The molecule has 0 aromatic heterocycles. The molecule has 0 aromatic rings. The Bertz CT molecular complexity index is 405. The van der Waals surface area contributed by atoms with Gasteiger partial charge in [-0.25, -0.2) is 0 Å². The number of ketones is 1. The molecule has 1 spiro atoms. The predicted molar refractivity (Wildman–Crippen MR) is 49.6 cm³/mol. The van der Waals surface area contributed by atoms with E-state index in [4.69, 9.17) is 14.2 Å². The second-order valence-corrected chi connectivity index (χ2v) is 5.14. The SMILES string of the molecule is O=C1C[C@@H]2OCC[C@]34CC1OC23COC4=O. The third-order valence-electron chi connectivity index (χ3n) is 4.62. The third kappa shape index (κ3) is 0.729. The Balaban J connectivity index is 1.92. The third-order valence-corrected chi connectivity index (χ3v) is 4.62. The molecule has 4 heterocycles. The Hall–Kier alpha value is -0.940. The normalized spacial score (nSPS) is 53.8. The van der Waals surface area contributed by atoms with Gasteiger partial charge in [0.1, 0.15) is 23.7 Å². The van der Waals surface area contributed by atoms with E-state index in [-0.39, 0.29) is 24.5 Å². The summed E-state index contributed by atoms with van der Waals surface area (Å²) in [4.78, 5) is 23.7. The highest BCUT2D eigenvalue weighted by Crippen LogP contribution is 2.61. The molecule has 0 N–H and O–H groups in total. The van der Waals surface area contributed by atoms with Gasteiger partial charge in [-0.1, -0.05) is 0 Å². The first-order chi connectivity index (χ1) is 7.68. The topological polar surface area (TPSA) is 61.8 Å². The van der Waals surface area contributed by atoms with Crippen molar-refractivity contribution in [3.8, 4) is 0 Å². The van der Waals surface area contributed by atoms with Crippen molar-refractivity contribution in [1.29, 1.82) is 0 Å². The van der Waals surface area contributed by atoms with Gasteiger partial charge in [-0.2, -0.15) is 0 Å². The van der Waals surface area contributed by atoms with Crippen molar-refractivity contribution in [1.82, 2.24) is 0 Å². The molecule has 4 fully saturated rings. The van der Waals surface area contributed by atoms with Crippen LogP contribution in [0.25, 0.3) is 0 Å². The summed E-state index contributed by atoms with van der Waals surface area (Å²) in [5, 5.41) is 0.